The second-order valence-corrected chi connectivity index (χ2v) is 2.27. The van der Waals surface area contributed by atoms with Gasteiger partial charge in [0.25, 0.3) is 0 Å². The van der Waals surface area contributed by atoms with Crippen LogP contribution >= 0.6 is 0 Å². The summed E-state index contributed by atoms with van der Waals surface area (Å²) in [4.78, 5) is 10.4. The molecule has 4 heteroatoms. The zero-order valence-electron chi connectivity index (χ0n) is 6.57. The van der Waals surface area contributed by atoms with Gasteiger partial charge in [-0.05, 0) is 12.1 Å². The maximum atomic E-state index is 10.4. The van der Waals surface area contributed by atoms with Gasteiger partial charge in [-0.25, -0.2) is 0 Å². The van der Waals surface area contributed by atoms with E-state index in [1.54, 1.807) is 0 Å². The molecular formula is C8H7BO3. The van der Waals surface area contributed by atoms with Gasteiger partial charge < -0.3 is 9.84 Å². The smallest absolute Gasteiger partial charge is 0.153 e. The third kappa shape index (κ3) is 1.42. The molecule has 0 saturated carbocycles. The molecule has 60 valence electrons. The number of aldehydes is 1. The lowest BCUT2D eigenvalue weighted by Crippen LogP contribution is -2.07. The molecule has 0 aliphatic heterocycles. The maximum Gasteiger partial charge on any atom is 0.153 e. The summed E-state index contributed by atoms with van der Waals surface area (Å²) < 4.78 is 4.85. The third-order valence-electron chi connectivity index (χ3n) is 1.51. The summed E-state index contributed by atoms with van der Waals surface area (Å²) in [5, 5.41) is 9.14. The lowest BCUT2D eigenvalue weighted by atomic mass is 9.93. The van der Waals surface area contributed by atoms with E-state index in [1.807, 2.05) is 0 Å². The average molecular weight is 162 g/mol. The van der Waals surface area contributed by atoms with Crippen LogP contribution in [0.4, 0.5) is 0 Å². The molecule has 12 heavy (non-hydrogen) atoms. The summed E-state index contributed by atoms with van der Waals surface area (Å²) in [5.74, 6) is 0.248. The molecule has 1 aromatic rings. The average Bonchev–Trinajstić information content (AvgIpc) is 2.05. The van der Waals surface area contributed by atoms with Crippen molar-refractivity contribution in [2.75, 3.05) is 7.11 Å². The summed E-state index contributed by atoms with van der Waals surface area (Å²) in [6, 6.07) is 2.67. The number of hydrogen-bond acceptors (Lipinski definition) is 3. The molecule has 0 fully saturated rings. The molecule has 0 atom stereocenters. The highest BCUT2D eigenvalue weighted by molar-refractivity contribution is 6.34. The summed E-state index contributed by atoms with van der Waals surface area (Å²) in [7, 11) is 6.90. The minimum Gasteiger partial charge on any atom is -0.507 e. The Morgan fingerprint density at radius 2 is 2.25 bits per heavy atom. The van der Waals surface area contributed by atoms with Gasteiger partial charge in [0.2, 0.25) is 0 Å². The first-order valence-electron chi connectivity index (χ1n) is 3.30. The van der Waals surface area contributed by atoms with Crippen LogP contribution in [0.3, 0.4) is 0 Å². The zero-order valence-corrected chi connectivity index (χ0v) is 6.57. The molecule has 0 aliphatic rings. The van der Waals surface area contributed by atoms with Crippen LogP contribution in [0.5, 0.6) is 11.5 Å². The molecule has 0 saturated heterocycles. The Kier molecular flexibility index (Phi) is 2.38. The van der Waals surface area contributed by atoms with E-state index < -0.39 is 0 Å². The van der Waals surface area contributed by atoms with Crippen molar-refractivity contribution in [2.24, 2.45) is 0 Å². The Hall–Kier alpha value is -1.45. The van der Waals surface area contributed by atoms with E-state index in [0.29, 0.717) is 17.5 Å². The molecule has 3 nitrogen and oxygen atoms in total. The van der Waals surface area contributed by atoms with Crippen LogP contribution < -0.4 is 10.2 Å². The van der Waals surface area contributed by atoms with Gasteiger partial charge >= 0.3 is 0 Å². The van der Waals surface area contributed by atoms with E-state index in [9.17, 15) is 4.79 Å². The standard InChI is InChI=1S/C8H7BO3/c1-12-8-2-5(4-10)7(11)3-6(8)9/h2-4,11H,1H3. The van der Waals surface area contributed by atoms with Crippen LogP contribution in [-0.4, -0.2) is 26.3 Å². The number of carbonyl (C=O) groups excluding carboxylic acids is 1. The fourth-order valence-electron chi connectivity index (χ4n) is 0.871. The van der Waals surface area contributed by atoms with Crippen LogP contribution in [0, 0.1) is 0 Å². The fourth-order valence-corrected chi connectivity index (χ4v) is 0.871. The number of rotatable bonds is 2. The minimum atomic E-state index is -0.136. The van der Waals surface area contributed by atoms with E-state index in [1.165, 1.54) is 19.2 Å². The molecule has 0 amide bonds. The van der Waals surface area contributed by atoms with Crippen LogP contribution in [0.25, 0.3) is 0 Å². The Bertz CT molecular complexity index is 309. The van der Waals surface area contributed by atoms with Crippen molar-refractivity contribution in [3.05, 3.63) is 17.7 Å². The Morgan fingerprint density at radius 1 is 1.58 bits per heavy atom. The van der Waals surface area contributed by atoms with E-state index in [0.717, 1.165) is 0 Å². The van der Waals surface area contributed by atoms with Gasteiger partial charge in [0.05, 0.1) is 12.7 Å². The van der Waals surface area contributed by atoms with E-state index in [4.69, 9.17) is 17.7 Å². The highest BCUT2D eigenvalue weighted by Gasteiger charge is 2.04. The number of benzene rings is 1. The molecule has 0 bridgehead atoms. The van der Waals surface area contributed by atoms with Crippen molar-refractivity contribution >= 4 is 19.6 Å². The van der Waals surface area contributed by atoms with Gasteiger partial charge in [-0.2, -0.15) is 0 Å². The first-order valence-corrected chi connectivity index (χ1v) is 3.30. The largest absolute Gasteiger partial charge is 0.507 e. The molecular weight excluding hydrogens is 155 g/mol. The van der Waals surface area contributed by atoms with Crippen molar-refractivity contribution in [1.29, 1.82) is 0 Å². The molecule has 0 aromatic heterocycles. The summed E-state index contributed by atoms with van der Waals surface area (Å²) in [6.07, 6.45) is 0.539. The molecule has 0 unspecified atom stereocenters. The van der Waals surface area contributed by atoms with Gasteiger partial charge in [-0.1, -0.05) is 5.46 Å². The third-order valence-corrected chi connectivity index (χ3v) is 1.51. The maximum absolute atomic E-state index is 10.4. The van der Waals surface area contributed by atoms with Gasteiger partial charge in [-0.15, -0.1) is 0 Å². The van der Waals surface area contributed by atoms with Crippen LogP contribution in [0.2, 0.25) is 0 Å². The molecule has 2 radical (unpaired) electrons. The monoisotopic (exact) mass is 162 g/mol. The number of hydrogen-bond donors (Lipinski definition) is 1. The predicted octanol–water partition coefficient (Wildman–Crippen LogP) is 0.00710. The van der Waals surface area contributed by atoms with E-state index in [-0.39, 0.29) is 11.3 Å². The summed E-state index contributed by atoms with van der Waals surface area (Å²) in [6.45, 7) is 0. The van der Waals surface area contributed by atoms with Crippen LogP contribution in [0.1, 0.15) is 10.4 Å². The first kappa shape index (κ1) is 8.65. The Morgan fingerprint density at radius 3 is 2.75 bits per heavy atom. The highest BCUT2D eigenvalue weighted by Crippen LogP contribution is 2.18. The van der Waals surface area contributed by atoms with Gasteiger partial charge in [0, 0.05) is 0 Å². The highest BCUT2D eigenvalue weighted by atomic mass is 16.5. The van der Waals surface area contributed by atoms with Crippen LogP contribution in [-0.2, 0) is 0 Å². The summed E-state index contributed by atoms with van der Waals surface area (Å²) >= 11 is 0. The van der Waals surface area contributed by atoms with Crippen molar-refractivity contribution in [3.63, 3.8) is 0 Å². The van der Waals surface area contributed by atoms with Gasteiger partial charge in [0.15, 0.2) is 6.29 Å². The van der Waals surface area contributed by atoms with E-state index in [2.05, 4.69) is 0 Å². The van der Waals surface area contributed by atoms with Crippen molar-refractivity contribution < 1.29 is 14.6 Å². The van der Waals surface area contributed by atoms with Gasteiger partial charge in [0.1, 0.15) is 19.3 Å². The number of aromatic hydroxyl groups is 1. The minimum absolute atomic E-state index is 0.136. The molecule has 0 spiro atoms. The summed E-state index contributed by atoms with van der Waals surface area (Å²) in [5.41, 5.74) is 0.474. The lowest BCUT2D eigenvalue weighted by molar-refractivity contribution is 0.112. The lowest BCUT2D eigenvalue weighted by Gasteiger charge is -2.06. The number of phenols is 1. The van der Waals surface area contributed by atoms with E-state index >= 15 is 0 Å². The molecule has 1 N–H and O–H groups in total. The zero-order chi connectivity index (χ0) is 9.14. The number of ether oxygens (including phenoxy) is 1. The number of methoxy groups -OCH3 is 1. The molecule has 0 aliphatic carbocycles. The number of phenolic OH excluding ortho intramolecular Hbond substituents is 1. The van der Waals surface area contributed by atoms with Gasteiger partial charge in [-0.3, -0.25) is 4.79 Å². The van der Waals surface area contributed by atoms with Crippen LogP contribution in [0.15, 0.2) is 12.1 Å². The molecule has 1 aromatic carbocycles. The second-order valence-electron chi connectivity index (χ2n) is 2.27. The SMILES string of the molecule is [B]c1cc(O)c(C=O)cc1OC. The van der Waals surface area contributed by atoms with Crippen molar-refractivity contribution in [1.82, 2.24) is 0 Å². The molecule has 0 heterocycles. The second kappa shape index (κ2) is 3.30. The van der Waals surface area contributed by atoms with Crippen molar-refractivity contribution in [3.8, 4) is 11.5 Å². The Balaban J connectivity index is 3.26. The normalized spacial score (nSPS) is 9.42. The topological polar surface area (TPSA) is 46.5 Å². The first-order chi connectivity index (χ1) is 5.69. The number of carbonyl (C=O) groups is 1. The Labute approximate surface area is 71.4 Å². The fraction of sp³-hybridized carbons (Fsp3) is 0.125. The quantitative estimate of drug-likeness (QED) is 0.492. The predicted molar refractivity (Wildman–Crippen MR) is 45.4 cm³/mol. The van der Waals surface area contributed by atoms with Crippen molar-refractivity contribution in [2.45, 2.75) is 0 Å². The molecule has 1 rings (SSSR count).